The van der Waals surface area contributed by atoms with E-state index in [4.69, 9.17) is 10.5 Å². The van der Waals surface area contributed by atoms with Crippen LogP contribution in [0.3, 0.4) is 0 Å². The second kappa shape index (κ2) is 9.46. The van der Waals surface area contributed by atoms with Gasteiger partial charge >= 0.3 is 6.18 Å². The standard InChI is InChI=1S/C20H27F3N2O2.ClH/c21-20(22,23)16-5-2-4-15(12-16)19(7-9-27-10-8-19)13-25-18(26)14-3-1-6-17(24)11-14;/h2,4-5,12,14,17H,1,3,6-11,13,24H2,(H,25,26);1H. The molecule has 3 N–H and O–H groups in total. The van der Waals surface area contributed by atoms with Crippen LogP contribution in [0, 0.1) is 5.92 Å². The van der Waals surface area contributed by atoms with Gasteiger partial charge in [-0.05, 0) is 43.7 Å². The second-order valence-corrected chi connectivity index (χ2v) is 7.81. The first-order valence-corrected chi connectivity index (χ1v) is 9.59. The number of carbonyl (C=O) groups is 1. The molecule has 28 heavy (non-hydrogen) atoms. The van der Waals surface area contributed by atoms with Gasteiger partial charge in [0.15, 0.2) is 0 Å². The van der Waals surface area contributed by atoms with Crippen molar-refractivity contribution in [3.8, 4) is 0 Å². The lowest BCUT2D eigenvalue weighted by atomic mass is 9.73. The highest BCUT2D eigenvalue weighted by Gasteiger charge is 2.38. The third kappa shape index (κ3) is 5.39. The van der Waals surface area contributed by atoms with Crippen LogP contribution in [0.15, 0.2) is 24.3 Å². The SMILES string of the molecule is Cl.NC1CCCC(C(=O)NCC2(c3cccc(C(F)(F)F)c3)CCOCC2)C1. The Morgan fingerprint density at radius 1 is 1.25 bits per heavy atom. The highest BCUT2D eigenvalue weighted by molar-refractivity contribution is 5.85. The zero-order valence-electron chi connectivity index (χ0n) is 15.8. The summed E-state index contributed by atoms with van der Waals surface area (Å²) >= 11 is 0. The number of benzene rings is 1. The molecule has 3 rings (SSSR count). The molecule has 1 heterocycles. The summed E-state index contributed by atoms with van der Waals surface area (Å²) in [5.41, 5.74) is 5.39. The number of carbonyl (C=O) groups excluding carboxylic acids is 1. The molecule has 1 aliphatic carbocycles. The van der Waals surface area contributed by atoms with Crippen molar-refractivity contribution in [1.29, 1.82) is 0 Å². The van der Waals surface area contributed by atoms with Crippen LogP contribution in [0.1, 0.15) is 49.7 Å². The van der Waals surface area contributed by atoms with Crippen molar-refractivity contribution >= 4 is 18.3 Å². The van der Waals surface area contributed by atoms with E-state index in [9.17, 15) is 18.0 Å². The van der Waals surface area contributed by atoms with Gasteiger partial charge in [0.2, 0.25) is 5.91 Å². The van der Waals surface area contributed by atoms with E-state index in [0.29, 0.717) is 44.6 Å². The van der Waals surface area contributed by atoms with E-state index in [1.54, 1.807) is 6.07 Å². The van der Waals surface area contributed by atoms with Crippen molar-refractivity contribution < 1.29 is 22.7 Å². The Morgan fingerprint density at radius 3 is 2.61 bits per heavy atom. The van der Waals surface area contributed by atoms with Gasteiger partial charge in [-0.1, -0.05) is 24.6 Å². The van der Waals surface area contributed by atoms with Gasteiger partial charge in [0.25, 0.3) is 0 Å². The van der Waals surface area contributed by atoms with Gasteiger partial charge < -0.3 is 15.8 Å². The molecule has 2 unspecified atom stereocenters. The molecule has 1 saturated carbocycles. The first-order valence-electron chi connectivity index (χ1n) is 9.59. The lowest BCUT2D eigenvalue weighted by Crippen LogP contribution is -2.47. The Balaban J connectivity index is 0.00000280. The molecule has 4 nitrogen and oxygen atoms in total. The van der Waals surface area contributed by atoms with Crippen LogP contribution in [-0.4, -0.2) is 31.7 Å². The summed E-state index contributed by atoms with van der Waals surface area (Å²) in [5.74, 6) is -0.143. The summed E-state index contributed by atoms with van der Waals surface area (Å²) in [6, 6.07) is 5.52. The van der Waals surface area contributed by atoms with Crippen molar-refractivity contribution in [2.45, 2.75) is 56.2 Å². The second-order valence-electron chi connectivity index (χ2n) is 7.81. The third-order valence-electron chi connectivity index (χ3n) is 5.94. The molecule has 158 valence electrons. The smallest absolute Gasteiger partial charge is 0.381 e. The zero-order chi connectivity index (χ0) is 19.5. The summed E-state index contributed by atoms with van der Waals surface area (Å²) < 4.78 is 44.9. The van der Waals surface area contributed by atoms with Gasteiger partial charge in [-0.3, -0.25) is 4.79 Å². The van der Waals surface area contributed by atoms with Crippen molar-refractivity contribution in [1.82, 2.24) is 5.32 Å². The van der Waals surface area contributed by atoms with Crippen LogP contribution in [0.5, 0.6) is 0 Å². The number of alkyl halides is 3. The monoisotopic (exact) mass is 420 g/mol. The molecule has 0 bridgehead atoms. The minimum absolute atomic E-state index is 0. The average Bonchev–Trinajstić information content (AvgIpc) is 2.66. The number of amides is 1. The van der Waals surface area contributed by atoms with Crippen LogP contribution in [0.25, 0.3) is 0 Å². The van der Waals surface area contributed by atoms with Crippen LogP contribution in [0.4, 0.5) is 13.2 Å². The van der Waals surface area contributed by atoms with Gasteiger partial charge in [0.1, 0.15) is 0 Å². The summed E-state index contributed by atoms with van der Waals surface area (Å²) in [5, 5.41) is 3.01. The summed E-state index contributed by atoms with van der Waals surface area (Å²) in [6.45, 7) is 1.27. The van der Waals surface area contributed by atoms with Crippen LogP contribution in [0.2, 0.25) is 0 Å². The molecule has 1 aromatic rings. The topological polar surface area (TPSA) is 64.4 Å². The quantitative estimate of drug-likeness (QED) is 0.778. The van der Waals surface area contributed by atoms with Crippen molar-refractivity contribution in [3.63, 3.8) is 0 Å². The molecular formula is C20H28ClF3N2O2. The number of hydrogen-bond acceptors (Lipinski definition) is 3. The van der Waals surface area contributed by atoms with Crippen molar-refractivity contribution in [3.05, 3.63) is 35.4 Å². The molecule has 0 spiro atoms. The summed E-state index contributed by atoms with van der Waals surface area (Å²) in [7, 11) is 0. The van der Waals surface area contributed by atoms with E-state index < -0.39 is 17.2 Å². The molecule has 2 aliphatic rings. The van der Waals surface area contributed by atoms with Crippen LogP contribution < -0.4 is 11.1 Å². The number of rotatable bonds is 4. The van der Waals surface area contributed by atoms with E-state index >= 15 is 0 Å². The Labute approximate surface area is 169 Å². The molecule has 1 amide bonds. The molecule has 0 radical (unpaired) electrons. The number of halogens is 4. The fourth-order valence-electron chi connectivity index (χ4n) is 4.22. The number of ether oxygens (including phenoxy) is 1. The first-order chi connectivity index (χ1) is 12.8. The van der Waals surface area contributed by atoms with Gasteiger partial charge in [-0.2, -0.15) is 13.2 Å². The normalized spacial score (nSPS) is 24.9. The van der Waals surface area contributed by atoms with E-state index in [1.165, 1.54) is 12.1 Å². The fraction of sp³-hybridized carbons (Fsp3) is 0.650. The molecule has 8 heteroatoms. The molecule has 0 aromatic heterocycles. The summed E-state index contributed by atoms with van der Waals surface area (Å²) in [4.78, 5) is 12.6. The minimum Gasteiger partial charge on any atom is -0.381 e. The number of nitrogens with one attached hydrogen (secondary N) is 1. The van der Waals surface area contributed by atoms with E-state index in [2.05, 4.69) is 5.32 Å². The Bertz CT molecular complexity index is 663. The first kappa shape index (κ1) is 23.0. The van der Waals surface area contributed by atoms with Gasteiger partial charge in [-0.25, -0.2) is 0 Å². The van der Waals surface area contributed by atoms with E-state index in [-0.39, 0.29) is 30.3 Å². The maximum atomic E-state index is 13.1. The van der Waals surface area contributed by atoms with Crippen molar-refractivity contribution in [2.75, 3.05) is 19.8 Å². The number of nitrogens with two attached hydrogens (primary N) is 1. The van der Waals surface area contributed by atoms with E-state index in [0.717, 1.165) is 25.3 Å². The average molecular weight is 421 g/mol. The van der Waals surface area contributed by atoms with E-state index in [1.807, 2.05) is 0 Å². The Morgan fingerprint density at radius 2 is 1.96 bits per heavy atom. The third-order valence-corrected chi connectivity index (χ3v) is 5.94. The predicted molar refractivity (Wildman–Crippen MR) is 103 cm³/mol. The molecule has 1 saturated heterocycles. The fourth-order valence-corrected chi connectivity index (χ4v) is 4.22. The zero-order valence-corrected chi connectivity index (χ0v) is 16.6. The Kier molecular flexibility index (Phi) is 7.76. The van der Waals surface area contributed by atoms with Gasteiger partial charge in [0.05, 0.1) is 5.56 Å². The molecule has 1 aliphatic heterocycles. The highest BCUT2D eigenvalue weighted by Crippen LogP contribution is 2.38. The Hall–Kier alpha value is -1.31. The lowest BCUT2D eigenvalue weighted by Gasteiger charge is -2.39. The highest BCUT2D eigenvalue weighted by atomic mass is 35.5. The predicted octanol–water partition coefficient (Wildman–Crippen LogP) is 3.81. The molecule has 1 aromatic carbocycles. The lowest BCUT2D eigenvalue weighted by molar-refractivity contribution is -0.137. The molecule has 2 atom stereocenters. The number of hydrogen-bond donors (Lipinski definition) is 2. The maximum Gasteiger partial charge on any atom is 0.416 e. The van der Waals surface area contributed by atoms with Crippen LogP contribution in [-0.2, 0) is 21.1 Å². The maximum absolute atomic E-state index is 13.1. The molecule has 2 fully saturated rings. The van der Waals surface area contributed by atoms with Gasteiger partial charge in [-0.15, -0.1) is 12.4 Å². The van der Waals surface area contributed by atoms with Crippen LogP contribution >= 0.6 is 12.4 Å². The largest absolute Gasteiger partial charge is 0.416 e. The van der Waals surface area contributed by atoms with Gasteiger partial charge in [0, 0.05) is 37.1 Å². The van der Waals surface area contributed by atoms with Crippen molar-refractivity contribution in [2.24, 2.45) is 11.7 Å². The summed E-state index contributed by atoms with van der Waals surface area (Å²) in [6.07, 6.45) is 0.146. The minimum atomic E-state index is -4.39. The molecular weight excluding hydrogens is 393 g/mol.